The first-order chi connectivity index (χ1) is 12.6. The van der Waals surface area contributed by atoms with Crippen LogP contribution in [0.15, 0.2) is 53.3 Å². The lowest BCUT2D eigenvalue weighted by molar-refractivity contribution is -0.143. The molecule has 1 aliphatic heterocycles. The molecule has 2 heterocycles. The fourth-order valence-corrected chi connectivity index (χ4v) is 3.31. The maximum absolute atomic E-state index is 12.8. The van der Waals surface area contributed by atoms with Gasteiger partial charge in [-0.05, 0) is 18.6 Å². The van der Waals surface area contributed by atoms with Gasteiger partial charge in [-0.25, -0.2) is 0 Å². The highest BCUT2D eigenvalue weighted by Gasteiger charge is 2.32. The highest BCUT2D eigenvalue weighted by molar-refractivity contribution is 5.89. The number of hydrogen-bond acceptors (Lipinski definition) is 3. The molecule has 1 N–H and O–H groups in total. The lowest BCUT2D eigenvalue weighted by Crippen LogP contribution is -2.58. The smallest absolute Gasteiger partial charge is 0.250 e. The van der Waals surface area contributed by atoms with Gasteiger partial charge >= 0.3 is 0 Å². The number of aromatic nitrogens is 1. The van der Waals surface area contributed by atoms with Crippen molar-refractivity contribution in [1.82, 2.24) is 14.8 Å². The molecule has 3 rings (SSSR count). The van der Waals surface area contributed by atoms with E-state index >= 15 is 0 Å². The summed E-state index contributed by atoms with van der Waals surface area (Å²) >= 11 is 0. The lowest BCUT2D eigenvalue weighted by atomic mass is 10.0. The Balaban J connectivity index is 1.71. The average Bonchev–Trinajstić information content (AvgIpc) is 2.63. The van der Waals surface area contributed by atoms with E-state index in [1.165, 1.54) is 6.07 Å². The van der Waals surface area contributed by atoms with Crippen molar-refractivity contribution in [2.75, 3.05) is 13.1 Å². The first-order valence-corrected chi connectivity index (χ1v) is 8.84. The minimum absolute atomic E-state index is 0.101. The van der Waals surface area contributed by atoms with Gasteiger partial charge in [0.2, 0.25) is 11.8 Å². The topological polar surface area (TPSA) is 71.4 Å². The molecule has 0 spiro atoms. The molecule has 1 fully saturated rings. The van der Waals surface area contributed by atoms with Crippen molar-refractivity contribution in [2.24, 2.45) is 0 Å². The van der Waals surface area contributed by atoms with Gasteiger partial charge in [0.1, 0.15) is 6.04 Å². The summed E-state index contributed by atoms with van der Waals surface area (Å²) < 4.78 is 1.59. The molecule has 1 aliphatic rings. The molecule has 1 atom stereocenters. The number of pyridine rings is 1. The van der Waals surface area contributed by atoms with E-state index < -0.39 is 6.04 Å². The fourth-order valence-electron chi connectivity index (χ4n) is 3.31. The van der Waals surface area contributed by atoms with Crippen molar-refractivity contribution < 1.29 is 9.59 Å². The summed E-state index contributed by atoms with van der Waals surface area (Å²) in [5.74, 6) is -0.225. The number of aryl methyl sites for hydroxylation is 1. The summed E-state index contributed by atoms with van der Waals surface area (Å²) in [6.07, 6.45) is 0.687. The Morgan fingerprint density at radius 1 is 1.12 bits per heavy atom. The molecular weight excluding hydrogens is 330 g/mol. The predicted molar refractivity (Wildman–Crippen MR) is 98.7 cm³/mol. The Bertz CT molecular complexity index is 845. The van der Waals surface area contributed by atoms with Crippen LogP contribution in [0, 0.1) is 6.92 Å². The van der Waals surface area contributed by atoms with Gasteiger partial charge in [-0.2, -0.15) is 0 Å². The van der Waals surface area contributed by atoms with Crippen LogP contribution in [0.5, 0.6) is 0 Å². The molecular formula is C20H23N3O3. The normalized spacial score (nSPS) is 17.0. The fraction of sp³-hybridized carbons (Fsp3) is 0.350. The SMILES string of the molecule is Cc1cccc(=O)n1CCC(=O)N1CCNC(=O)[C@@H]1Cc1ccccc1. The Morgan fingerprint density at radius 2 is 1.88 bits per heavy atom. The van der Waals surface area contributed by atoms with Crippen LogP contribution in [-0.2, 0) is 22.6 Å². The standard InChI is InChI=1S/C20H23N3O3/c1-15-6-5-9-18(24)22(15)12-10-19(25)23-13-11-21-20(26)17(23)14-16-7-3-2-4-8-16/h2-9,17H,10-14H2,1H3,(H,21,26)/t17-/m0/s1. The van der Waals surface area contributed by atoms with E-state index in [0.29, 0.717) is 26.1 Å². The Kier molecular flexibility index (Phi) is 5.51. The van der Waals surface area contributed by atoms with E-state index in [1.807, 2.05) is 43.3 Å². The average molecular weight is 353 g/mol. The zero-order chi connectivity index (χ0) is 18.5. The third-order valence-electron chi connectivity index (χ3n) is 4.74. The Hall–Kier alpha value is -2.89. The number of benzene rings is 1. The van der Waals surface area contributed by atoms with E-state index in [2.05, 4.69) is 5.32 Å². The summed E-state index contributed by atoms with van der Waals surface area (Å²) in [7, 11) is 0. The van der Waals surface area contributed by atoms with Crippen LogP contribution in [0.3, 0.4) is 0 Å². The van der Waals surface area contributed by atoms with Gasteiger partial charge in [-0.3, -0.25) is 14.4 Å². The number of hydrogen-bond donors (Lipinski definition) is 1. The highest BCUT2D eigenvalue weighted by atomic mass is 16.2. The van der Waals surface area contributed by atoms with Crippen LogP contribution in [0.4, 0.5) is 0 Å². The molecule has 0 saturated carbocycles. The van der Waals surface area contributed by atoms with Gasteiger partial charge < -0.3 is 14.8 Å². The predicted octanol–water partition coefficient (Wildman–Crippen LogP) is 1.12. The third-order valence-corrected chi connectivity index (χ3v) is 4.74. The maximum Gasteiger partial charge on any atom is 0.250 e. The van der Waals surface area contributed by atoms with Crippen molar-refractivity contribution in [3.8, 4) is 0 Å². The van der Waals surface area contributed by atoms with Crippen LogP contribution < -0.4 is 10.9 Å². The van der Waals surface area contributed by atoms with E-state index in [4.69, 9.17) is 0 Å². The highest BCUT2D eigenvalue weighted by Crippen LogP contribution is 2.14. The lowest BCUT2D eigenvalue weighted by Gasteiger charge is -2.35. The summed E-state index contributed by atoms with van der Waals surface area (Å²) in [4.78, 5) is 38.7. The summed E-state index contributed by atoms with van der Waals surface area (Å²) in [5, 5.41) is 2.84. The summed E-state index contributed by atoms with van der Waals surface area (Å²) in [5.41, 5.74) is 1.72. The summed E-state index contributed by atoms with van der Waals surface area (Å²) in [6.45, 7) is 3.11. The van der Waals surface area contributed by atoms with Crippen LogP contribution in [0.1, 0.15) is 17.7 Å². The maximum atomic E-state index is 12.8. The first kappa shape index (κ1) is 17.9. The van der Waals surface area contributed by atoms with Crippen molar-refractivity contribution in [3.63, 3.8) is 0 Å². The van der Waals surface area contributed by atoms with Gasteiger partial charge in [0.25, 0.3) is 5.56 Å². The molecule has 6 heteroatoms. The number of nitrogens with zero attached hydrogens (tertiary/aromatic N) is 2. The monoisotopic (exact) mass is 353 g/mol. The molecule has 1 saturated heterocycles. The number of rotatable bonds is 5. The minimum atomic E-state index is -0.507. The van der Waals surface area contributed by atoms with Crippen molar-refractivity contribution in [3.05, 3.63) is 70.1 Å². The number of piperazine rings is 1. The molecule has 0 unspecified atom stereocenters. The molecule has 1 aromatic heterocycles. The molecule has 0 bridgehead atoms. The first-order valence-electron chi connectivity index (χ1n) is 8.84. The number of carbonyl (C=O) groups excluding carboxylic acids is 2. The molecule has 26 heavy (non-hydrogen) atoms. The van der Waals surface area contributed by atoms with Crippen LogP contribution in [0.25, 0.3) is 0 Å². The van der Waals surface area contributed by atoms with Gasteiger partial charge in [0, 0.05) is 44.2 Å². The molecule has 1 aromatic carbocycles. The van der Waals surface area contributed by atoms with Crippen molar-refractivity contribution >= 4 is 11.8 Å². The van der Waals surface area contributed by atoms with Crippen LogP contribution >= 0.6 is 0 Å². The number of amides is 2. The van der Waals surface area contributed by atoms with Gasteiger partial charge in [-0.15, -0.1) is 0 Å². The van der Waals surface area contributed by atoms with Crippen molar-refractivity contribution in [1.29, 1.82) is 0 Å². The number of nitrogens with one attached hydrogen (secondary N) is 1. The third kappa shape index (κ3) is 4.02. The second kappa shape index (κ2) is 7.99. The second-order valence-electron chi connectivity index (χ2n) is 6.49. The van der Waals surface area contributed by atoms with E-state index in [0.717, 1.165) is 11.3 Å². The van der Waals surface area contributed by atoms with Gasteiger partial charge in [0.15, 0.2) is 0 Å². The molecule has 0 aliphatic carbocycles. The van der Waals surface area contributed by atoms with E-state index in [1.54, 1.807) is 15.5 Å². The molecule has 0 radical (unpaired) electrons. The Morgan fingerprint density at radius 3 is 2.62 bits per heavy atom. The van der Waals surface area contributed by atoms with Crippen LogP contribution in [0.2, 0.25) is 0 Å². The van der Waals surface area contributed by atoms with E-state index in [-0.39, 0.29) is 23.8 Å². The zero-order valence-electron chi connectivity index (χ0n) is 14.9. The quantitative estimate of drug-likeness (QED) is 0.875. The zero-order valence-corrected chi connectivity index (χ0v) is 14.9. The molecule has 6 nitrogen and oxygen atoms in total. The summed E-state index contributed by atoms with van der Waals surface area (Å²) in [6, 6.07) is 14.2. The molecule has 136 valence electrons. The second-order valence-corrected chi connectivity index (χ2v) is 6.49. The van der Waals surface area contributed by atoms with Gasteiger partial charge in [0.05, 0.1) is 0 Å². The van der Waals surface area contributed by atoms with Crippen LogP contribution in [-0.4, -0.2) is 40.4 Å². The van der Waals surface area contributed by atoms with Crippen molar-refractivity contribution in [2.45, 2.75) is 32.4 Å². The largest absolute Gasteiger partial charge is 0.353 e. The molecule has 2 amide bonds. The Labute approximate surface area is 152 Å². The molecule has 2 aromatic rings. The van der Waals surface area contributed by atoms with E-state index in [9.17, 15) is 14.4 Å². The van der Waals surface area contributed by atoms with Gasteiger partial charge in [-0.1, -0.05) is 36.4 Å². The minimum Gasteiger partial charge on any atom is -0.353 e. The number of carbonyl (C=O) groups is 2.